The van der Waals surface area contributed by atoms with E-state index in [1.807, 2.05) is 31.2 Å². The number of carbonyl (C=O) groups is 1. The Morgan fingerprint density at radius 2 is 1.91 bits per heavy atom. The molecule has 1 heterocycles. The van der Waals surface area contributed by atoms with Crippen molar-refractivity contribution in [3.8, 4) is 0 Å². The standard InChI is InChI=1S/C18H17FN2O2/c1-11-17(13-7-3-5-9-15(13)21-11)18(23)20-10-16(22)12-6-2-4-8-14(12)19/h2-9,16,21-22H,10H2,1H3,(H,20,23). The summed E-state index contributed by atoms with van der Waals surface area (Å²) in [6.45, 7) is 1.76. The molecule has 0 bridgehead atoms. The van der Waals surface area contributed by atoms with Gasteiger partial charge in [-0.25, -0.2) is 4.39 Å². The SMILES string of the molecule is Cc1[nH]c2ccccc2c1C(=O)NCC(O)c1ccccc1F. The molecule has 5 heteroatoms. The highest BCUT2D eigenvalue weighted by atomic mass is 19.1. The van der Waals surface area contributed by atoms with Gasteiger partial charge in [-0.2, -0.15) is 0 Å². The van der Waals surface area contributed by atoms with Crippen molar-refractivity contribution in [1.29, 1.82) is 0 Å². The molecule has 0 saturated heterocycles. The number of nitrogens with one attached hydrogen (secondary N) is 2. The number of benzene rings is 2. The summed E-state index contributed by atoms with van der Waals surface area (Å²) < 4.78 is 13.6. The fourth-order valence-corrected chi connectivity index (χ4v) is 2.70. The maximum absolute atomic E-state index is 13.6. The Balaban J connectivity index is 1.77. The second kappa shape index (κ2) is 6.22. The Labute approximate surface area is 133 Å². The number of aliphatic hydroxyl groups excluding tert-OH is 1. The van der Waals surface area contributed by atoms with Crippen molar-refractivity contribution in [1.82, 2.24) is 10.3 Å². The minimum absolute atomic E-state index is 0.0568. The summed E-state index contributed by atoms with van der Waals surface area (Å²) in [5.41, 5.74) is 2.35. The van der Waals surface area contributed by atoms with Crippen molar-refractivity contribution in [2.45, 2.75) is 13.0 Å². The maximum Gasteiger partial charge on any atom is 0.253 e. The van der Waals surface area contributed by atoms with Crippen LogP contribution in [0.1, 0.15) is 27.7 Å². The molecule has 0 saturated carbocycles. The van der Waals surface area contributed by atoms with Crippen molar-refractivity contribution in [3.05, 3.63) is 71.2 Å². The first-order valence-electron chi connectivity index (χ1n) is 7.36. The molecule has 118 valence electrons. The number of aromatic amines is 1. The fourth-order valence-electron chi connectivity index (χ4n) is 2.70. The molecule has 3 aromatic rings. The van der Waals surface area contributed by atoms with Crippen LogP contribution < -0.4 is 5.32 Å². The predicted molar refractivity (Wildman–Crippen MR) is 86.7 cm³/mol. The average molecular weight is 312 g/mol. The monoisotopic (exact) mass is 312 g/mol. The van der Waals surface area contributed by atoms with Crippen LogP contribution in [0.4, 0.5) is 4.39 Å². The molecule has 0 aliphatic heterocycles. The summed E-state index contributed by atoms with van der Waals surface area (Å²) in [5, 5.41) is 13.6. The molecule has 1 atom stereocenters. The number of halogens is 1. The number of amides is 1. The fraction of sp³-hybridized carbons (Fsp3) is 0.167. The molecule has 0 aliphatic carbocycles. The van der Waals surface area contributed by atoms with Gasteiger partial charge in [0.2, 0.25) is 0 Å². The second-order valence-electron chi connectivity index (χ2n) is 5.42. The van der Waals surface area contributed by atoms with E-state index < -0.39 is 11.9 Å². The van der Waals surface area contributed by atoms with Crippen molar-refractivity contribution in [2.24, 2.45) is 0 Å². The summed E-state index contributed by atoms with van der Waals surface area (Å²) in [7, 11) is 0. The van der Waals surface area contributed by atoms with Crippen LogP contribution in [0.2, 0.25) is 0 Å². The zero-order valence-electron chi connectivity index (χ0n) is 12.6. The van der Waals surface area contributed by atoms with E-state index in [0.29, 0.717) is 5.56 Å². The second-order valence-corrected chi connectivity index (χ2v) is 5.42. The summed E-state index contributed by atoms with van der Waals surface area (Å²) in [6.07, 6.45) is -1.09. The number of hydrogen-bond donors (Lipinski definition) is 3. The van der Waals surface area contributed by atoms with Crippen LogP contribution in [0, 0.1) is 12.7 Å². The normalized spacial score (nSPS) is 12.3. The van der Waals surface area contributed by atoms with Gasteiger partial charge in [-0.05, 0) is 19.1 Å². The van der Waals surface area contributed by atoms with Gasteiger partial charge < -0.3 is 15.4 Å². The van der Waals surface area contributed by atoms with E-state index in [1.54, 1.807) is 12.1 Å². The Bertz CT molecular complexity index is 857. The number of aromatic nitrogens is 1. The van der Waals surface area contributed by atoms with Gasteiger partial charge in [0, 0.05) is 28.7 Å². The van der Waals surface area contributed by atoms with Crippen LogP contribution in [-0.2, 0) is 0 Å². The van der Waals surface area contributed by atoms with E-state index >= 15 is 0 Å². The predicted octanol–water partition coefficient (Wildman–Crippen LogP) is 3.08. The van der Waals surface area contributed by atoms with Crippen molar-refractivity contribution in [2.75, 3.05) is 6.54 Å². The number of H-pyrrole nitrogens is 1. The van der Waals surface area contributed by atoms with Crippen LogP contribution >= 0.6 is 0 Å². The first kappa shape index (κ1) is 15.2. The van der Waals surface area contributed by atoms with Crippen LogP contribution in [0.25, 0.3) is 10.9 Å². The lowest BCUT2D eigenvalue weighted by Gasteiger charge is -2.13. The van der Waals surface area contributed by atoms with E-state index in [0.717, 1.165) is 16.6 Å². The van der Waals surface area contributed by atoms with Crippen molar-refractivity contribution in [3.63, 3.8) is 0 Å². The topological polar surface area (TPSA) is 65.1 Å². The zero-order chi connectivity index (χ0) is 16.4. The first-order chi connectivity index (χ1) is 11.1. The highest BCUT2D eigenvalue weighted by Crippen LogP contribution is 2.22. The molecule has 0 fully saturated rings. The third-order valence-electron chi connectivity index (χ3n) is 3.84. The Morgan fingerprint density at radius 3 is 2.70 bits per heavy atom. The van der Waals surface area contributed by atoms with Gasteiger partial charge in [0.1, 0.15) is 5.82 Å². The average Bonchev–Trinajstić information content (AvgIpc) is 2.88. The lowest BCUT2D eigenvalue weighted by Crippen LogP contribution is -2.29. The molecule has 3 N–H and O–H groups in total. The molecular weight excluding hydrogens is 295 g/mol. The van der Waals surface area contributed by atoms with Crippen LogP contribution in [-0.4, -0.2) is 22.5 Å². The summed E-state index contributed by atoms with van der Waals surface area (Å²) in [5.74, 6) is -0.784. The third kappa shape index (κ3) is 2.96. The summed E-state index contributed by atoms with van der Waals surface area (Å²) in [4.78, 5) is 15.6. The molecule has 1 aromatic heterocycles. The Kier molecular flexibility index (Phi) is 4.12. The van der Waals surface area contributed by atoms with Gasteiger partial charge in [-0.3, -0.25) is 4.79 Å². The molecule has 1 amide bonds. The lowest BCUT2D eigenvalue weighted by molar-refractivity contribution is 0.0915. The van der Waals surface area contributed by atoms with Gasteiger partial charge in [-0.15, -0.1) is 0 Å². The van der Waals surface area contributed by atoms with E-state index in [-0.39, 0.29) is 18.0 Å². The molecule has 0 radical (unpaired) electrons. The van der Waals surface area contributed by atoms with E-state index in [2.05, 4.69) is 10.3 Å². The van der Waals surface area contributed by atoms with Gasteiger partial charge in [-0.1, -0.05) is 36.4 Å². The molecule has 4 nitrogen and oxygen atoms in total. The van der Waals surface area contributed by atoms with Crippen molar-refractivity contribution < 1.29 is 14.3 Å². The minimum atomic E-state index is -1.09. The van der Waals surface area contributed by atoms with E-state index in [9.17, 15) is 14.3 Å². The van der Waals surface area contributed by atoms with E-state index in [4.69, 9.17) is 0 Å². The largest absolute Gasteiger partial charge is 0.386 e. The summed E-state index contributed by atoms with van der Waals surface area (Å²) in [6, 6.07) is 13.5. The molecule has 23 heavy (non-hydrogen) atoms. The van der Waals surface area contributed by atoms with Crippen LogP contribution in [0.15, 0.2) is 48.5 Å². The molecule has 2 aromatic carbocycles. The third-order valence-corrected chi connectivity index (χ3v) is 3.84. The van der Waals surface area contributed by atoms with Gasteiger partial charge >= 0.3 is 0 Å². The molecule has 3 rings (SSSR count). The van der Waals surface area contributed by atoms with Gasteiger partial charge in [0.15, 0.2) is 0 Å². The first-order valence-corrected chi connectivity index (χ1v) is 7.36. The van der Waals surface area contributed by atoms with Crippen LogP contribution in [0.5, 0.6) is 0 Å². The molecular formula is C18H17FN2O2. The molecule has 0 spiro atoms. The maximum atomic E-state index is 13.6. The van der Waals surface area contributed by atoms with E-state index in [1.165, 1.54) is 12.1 Å². The highest BCUT2D eigenvalue weighted by Gasteiger charge is 2.18. The van der Waals surface area contributed by atoms with Gasteiger partial charge in [0.05, 0.1) is 11.7 Å². The molecule has 1 unspecified atom stereocenters. The number of fused-ring (bicyclic) bond motifs is 1. The number of aliphatic hydroxyl groups is 1. The number of rotatable bonds is 4. The zero-order valence-corrected chi connectivity index (χ0v) is 12.6. The quantitative estimate of drug-likeness (QED) is 0.693. The van der Waals surface area contributed by atoms with Crippen LogP contribution in [0.3, 0.4) is 0 Å². The number of para-hydroxylation sites is 1. The molecule has 0 aliphatic rings. The highest BCUT2D eigenvalue weighted by molar-refractivity contribution is 6.08. The number of aryl methyl sites for hydroxylation is 1. The van der Waals surface area contributed by atoms with Crippen molar-refractivity contribution >= 4 is 16.8 Å². The lowest BCUT2D eigenvalue weighted by atomic mass is 10.1. The Morgan fingerprint density at radius 1 is 1.22 bits per heavy atom. The Hall–Kier alpha value is -2.66. The van der Waals surface area contributed by atoms with Gasteiger partial charge in [0.25, 0.3) is 5.91 Å². The smallest absolute Gasteiger partial charge is 0.253 e. The summed E-state index contributed by atoms with van der Waals surface area (Å²) >= 11 is 0. The minimum Gasteiger partial charge on any atom is -0.386 e. The number of carbonyl (C=O) groups excluding carboxylic acids is 1. The number of hydrogen-bond acceptors (Lipinski definition) is 2.